The minimum absolute atomic E-state index is 0.196. The molecule has 1 aromatic carbocycles. The van der Waals surface area contributed by atoms with E-state index in [-0.39, 0.29) is 5.78 Å². The molecule has 0 N–H and O–H groups in total. The van der Waals surface area contributed by atoms with Crippen LogP contribution in [-0.4, -0.2) is 25.5 Å². The molecule has 4 aromatic rings. The van der Waals surface area contributed by atoms with Crippen molar-refractivity contribution in [3.05, 3.63) is 78.6 Å². The molecule has 4 rings (SSSR count). The number of benzene rings is 1. The van der Waals surface area contributed by atoms with Crippen molar-refractivity contribution in [3.63, 3.8) is 0 Å². The lowest BCUT2D eigenvalue weighted by Gasteiger charge is -2.05. The number of hydrogen-bond acceptors (Lipinski definition) is 4. The molecule has 5 heteroatoms. The first-order valence-electron chi connectivity index (χ1n) is 8.96. The number of pyridine rings is 2. The van der Waals surface area contributed by atoms with E-state index >= 15 is 0 Å². The van der Waals surface area contributed by atoms with Crippen LogP contribution in [0.1, 0.15) is 17.7 Å². The van der Waals surface area contributed by atoms with Gasteiger partial charge in [-0.15, -0.1) is 0 Å². The topological polar surface area (TPSA) is 60.7 Å². The number of carbonyl (C=O) groups is 1. The summed E-state index contributed by atoms with van der Waals surface area (Å²) in [7, 11) is 1.91. The van der Waals surface area contributed by atoms with Crippen LogP contribution in [0.15, 0.2) is 67.4 Å². The van der Waals surface area contributed by atoms with E-state index in [0.29, 0.717) is 12.8 Å². The number of hydrogen-bond donors (Lipinski definition) is 0. The highest BCUT2D eigenvalue weighted by molar-refractivity contribution is 5.88. The maximum absolute atomic E-state index is 12.3. The predicted molar refractivity (Wildman–Crippen MR) is 105 cm³/mol. The van der Waals surface area contributed by atoms with Gasteiger partial charge in [0.25, 0.3) is 0 Å². The standard InChI is InChI=1S/C22H20N4O/c1-26-15-20(14-25-26)17-3-4-18-13-24-21(11-19(18)10-17)12-22(27)5-2-16-6-8-23-9-7-16/h3-4,6-11,13-15H,2,5,12H2,1H3. The summed E-state index contributed by atoms with van der Waals surface area (Å²) >= 11 is 0. The van der Waals surface area contributed by atoms with E-state index in [2.05, 4.69) is 33.3 Å². The van der Waals surface area contributed by atoms with E-state index in [0.717, 1.165) is 39.6 Å². The minimum Gasteiger partial charge on any atom is -0.299 e. The Balaban J connectivity index is 1.49. The van der Waals surface area contributed by atoms with Crippen LogP contribution in [0.3, 0.4) is 0 Å². The highest BCUT2D eigenvalue weighted by Gasteiger charge is 2.08. The molecule has 134 valence electrons. The molecule has 0 saturated carbocycles. The Labute approximate surface area is 157 Å². The molecule has 27 heavy (non-hydrogen) atoms. The summed E-state index contributed by atoms with van der Waals surface area (Å²) in [5, 5.41) is 6.38. The molecule has 0 saturated heterocycles. The lowest BCUT2D eigenvalue weighted by atomic mass is 10.0. The quantitative estimate of drug-likeness (QED) is 0.527. The molecule has 0 radical (unpaired) electrons. The Morgan fingerprint density at radius 1 is 1.00 bits per heavy atom. The second kappa shape index (κ2) is 7.50. The molecule has 0 spiro atoms. The fourth-order valence-corrected chi connectivity index (χ4v) is 3.16. The number of aromatic nitrogens is 4. The third kappa shape index (κ3) is 4.08. The summed E-state index contributed by atoms with van der Waals surface area (Å²) < 4.78 is 1.79. The molecule has 3 aromatic heterocycles. The van der Waals surface area contributed by atoms with Gasteiger partial charge in [-0.1, -0.05) is 12.1 Å². The van der Waals surface area contributed by atoms with Gasteiger partial charge in [-0.05, 0) is 47.2 Å². The van der Waals surface area contributed by atoms with E-state index in [4.69, 9.17) is 0 Å². The number of fused-ring (bicyclic) bond motifs is 1. The van der Waals surface area contributed by atoms with Gasteiger partial charge in [-0.3, -0.25) is 19.4 Å². The van der Waals surface area contributed by atoms with Crippen molar-refractivity contribution in [2.24, 2.45) is 7.05 Å². The fourth-order valence-electron chi connectivity index (χ4n) is 3.16. The molecule has 0 aliphatic carbocycles. The van der Waals surface area contributed by atoms with Gasteiger partial charge in [0.2, 0.25) is 0 Å². The van der Waals surface area contributed by atoms with Crippen LogP contribution in [0.4, 0.5) is 0 Å². The van der Waals surface area contributed by atoms with E-state index in [1.165, 1.54) is 0 Å². The van der Waals surface area contributed by atoms with Crippen molar-refractivity contribution in [2.45, 2.75) is 19.3 Å². The smallest absolute Gasteiger partial charge is 0.139 e. The van der Waals surface area contributed by atoms with Gasteiger partial charge in [0.05, 0.1) is 6.20 Å². The Hall–Kier alpha value is -3.34. The zero-order valence-corrected chi connectivity index (χ0v) is 15.2. The van der Waals surface area contributed by atoms with Gasteiger partial charge < -0.3 is 0 Å². The number of ketones is 1. The van der Waals surface area contributed by atoms with Crippen molar-refractivity contribution < 1.29 is 4.79 Å². The van der Waals surface area contributed by atoms with Crippen LogP contribution >= 0.6 is 0 Å². The fraction of sp³-hybridized carbons (Fsp3) is 0.182. The molecule has 0 bridgehead atoms. The highest BCUT2D eigenvalue weighted by atomic mass is 16.1. The molecule has 5 nitrogen and oxygen atoms in total. The van der Waals surface area contributed by atoms with Crippen LogP contribution in [0.2, 0.25) is 0 Å². The molecule has 0 aliphatic rings. The molecule has 0 aliphatic heterocycles. The van der Waals surface area contributed by atoms with E-state index in [1.807, 2.05) is 43.8 Å². The molecule has 0 fully saturated rings. The average Bonchev–Trinajstić information content (AvgIpc) is 3.13. The first-order valence-corrected chi connectivity index (χ1v) is 8.96. The third-order valence-corrected chi connectivity index (χ3v) is 4.64. The van der Waals surface area contributed by atoms with Crippen molar-refractivity contribution in [1.29, 1.82) is 0 Å². The Kier molecular flexibility index (Phi) is 4.75. The molecular weight excluding hydrogens is 336 g/mol. The van der Waals surface area contributed by atoms with Gasteiger partial charge in [0.15, 0.2) is 0 Å². The molecule has 0 unspecified atom stereocenters. The zero-order valence-electron chi connectivity index (χ0n) is 15.2. The van der Waals surface area contributed by atoms with Crippen LogP contribution < -0.4 is 0 Å². The van der Waals surface area contributed by atoms with Gasteiger partial charge in [-0.25, -0.2) is 0 Å². The highest BCUT2D eigenvalue weighted by Crippen LogP contribution is 2.24. The normalized spacial score (nSPS) is 11.0. The second-order valence-corrected chi connectivity index (χ2v) is 6.71. The first kappa shape index (κ1) is 17.1. The summed E-state index contributed by atoms with van der Waals surface area (Å²) in [5.41, 5.74) is 4.12. The van der Waals surface area contributed by atoms with Crippen LogP contribution in [0.5, 0.6) is 0 Å². The first-order chi connectivity index (χ1) is 13.2. The number of aryl methyl sites for hydroxylation is 2. The number of rotatable bonds is 6. The summed E-state index contributed by atoms with van der Waals surface area (Å²) in [6, 6.07) is 12.2. The predicted octanol–water partition coefficient (Wildman–Crippen LogP) is 3.77. The van der Waals surface area contributed by atoms with Crippen LogP contribution in [0.25, 0.3) is 21.9 Å². The monoisotopic (exact) mass is 356 g/mol. The van der Waals surface area contributed by atoms with Crippen LogP contribution in [-0.2, 0) is 24.7 Å². The summed E-state index contributed by atoms with van der Waals surface area (Å²) in [6.45, 7) is 0. The number of nitrogens with zero attached hydrogens (tertiary/aromatic N) is 4. The number of carbonyl (C=O) groups excluding carboxylic acids is 1. The van der Waals surface area contributed by atoms with Crippen molar-refractivity contribution in [3.8, 4) is 11.1 Å². The lowest BCUT2D eigenvalue weighted by molar-refractivity contribution is -0.118. The lowest BCUT2D eigenvalue weighted by Crippen LogP contribution is -2.05. The van der Waals surface area contributed by atoms with Crippen molar-refractivity contribution >= 4 is 16.6 Å². The van der Waals surface area contributed by atoms with Gasteiger partial charge in [0.1, 0.15) is 5.78 Å². The van der Waals surface area contributed by atoms with Gasteiger partial charge >= 0.3 is 0 Å². The molecule has 0 atom stereocenters. The SMILES string of the molecule is Cn1cc(-c2ccc3cnc(CC(=O)CCc4ccncc4)cc3c2)cn1. The average molecular weight is 356 g/mol. The summed E-state index contributed by atoms with van der Waals surface area (Å²) in [6.07, 6.45) is 10.8. The third-order valence-electron chi connectivity index (χ3n) is 4.64. The summed E-state index contributed by atoms with van der Waals surface area (Å²) in [4.78, 5) is 20.8. The Morgan fingerprint density at radius 3 is 2.63 bits per heavy atom. The maximum atomic E-state index is 12.3. The largest absolute Gasteiger partial charge is 0.299 e. The minimum atomic E-state index is 0.196. The van der Waals surface area contributed by atoms with Crippen LogP contribution in [0, 0.1) is 0 Å². The Bertz CT molecular complexity index is 1090. The molecule has 3 heterocycles. The van der Waals surface area contributed by atoms with E-state index < -0.39 is 0 Å². The maximum Gasteiger partial charge on any atom is 0.139 e. The second-order valence-electron chi connectivity index (χ2n) is 6.71. The van der Waals surface area contributed by atoms with Crippen molar-refractivity contribution in [2.75, 3.05) is 0 Å². The Morgan fingerprint density at radius 2 is 1.85 bits per heavy atom. The van der Waals surface area contributed by atoms with Gasteiger partial charge in [-0.2, -0.15) is 5.10 Å². The van der Waals surface area contributed by atoms with E-state index in [1.54, 1.807) is 17.1 Å². The summed E-state index contributed by atoms with van der Waals surface area (Å²) in [5.74, 6) is 0.196. The molecular formula is C22H20N4O. The zero-order chi connectivity index (χ0) is 18.6. The molecule has 0 amide bonds. The van der Waals surface area contributed by atoms with Crippen molar-refractivity contribution in [1.82, 2.24) is 19.7 Å². The van der Waals surface area contributed by atoms with Gasteiger partial charge in [0, 0.05) is 61.3 Å². The number of Topliss-reactive ketones (excluding diaryl/α,β-unsaturated/α-hetero) is 1. The van der Waals surface area contributed by atoms with E-state index in [9.17, 15) is 4.79 Å².